The summed E-state index contributed by atoms with van der Waals surface area (Å²) in [7, 11) is 0. The molecule has 3 aliphatic rings. The van der Waals surface area contributed by atoms with Gasteiger partial charge in [-0.05, 0) is 12.8 Å². The van der Waals surface area contributed by atoms with Crippen LogP contribution in [0.25, 0.3) is 0 Å². The first-order chi connectivity index (χ1) is 42.8. The standard InChI is InChI=1S/C69H133NO18/c1-3-5-7-9-11-13-15-17-18-19-20-21-22-23-24-25-26-27-28-29-30-31-32-33-35-36-38-40-42-44-46-53(74)52(70-57(75)47-45-43-41-39-37-34-16-14-12-10-8-6-4-2)51-83-67-63(81)60(78)65(55(49-72)85-67)88-69-64(82)61(79)66(56(50-73)86-69)87-68-62(80)59(77)58(76)54(48-71)84-68/h52-56,58-69,71-74,76-82H,3-51H2,1-2H3,(H,70,75). The second-order valence-corrected chi connectivity index (χ2v) is 26.4. The molecule has 17 atom stereocenters. The van der Waals surface area contributed by atoms with E-state index in [-0.39, 0.29) is 18.9 Å². The van der Waals surface area contributed by atoms with E-state index >= 15 is 0 Å². The monoisotopic (exact) mass is 1260 g/mol. The molecule has 0 aromatic heterocycles. The number of aliphatic hydroxyl groups is 11. The minimum Gasteiger partial charge on any atom is -0.394 e. The van der Waals surface area contributed by atoms with Gasteiger partial charge in [0.05, 0.1) is 38.6 Å². The van der Waals surface area contributed by atoms with Crippen LogP contribution in [-0.2, 0) is 33.2 Å². The molecule has 0 bridgehead atoms. The summed E-state index contributed by atoms with van der Waals surface area (Å²) >= 11 is 0. The molecule has 1 amide bonds. The van der Waals surface area contributed by atoms with Crippen molar-refractivity contribution >= 4 is 5.91 Å². The van der Waals surface area contributed by atoms with E-state index in [1.165, 1.54) is 225 Å². The van der Waals surface area contributed by atoms with Gasteiger partial charge >= 0.3 is 0 Å². The molecule has 3 aliphatic heterocycles. The molecule has 17 unspecified atom stereocenters. The van der Waals surface area contributed by atoms with Crippen molar-refractivity contribution in [3.63, 3.8) is 0 Å². The molecular weight excluding hydrogens is 1130 g/mol. The van der Waals surface area contributed by atoms with E-state index < -0.39 is 124 Å². The molecule has 0 saturated carbocycles. The Bertz CT molecular complexity index is 1600. The molecule has 88 heavy (non-hydrogen) atoms. The molecule has 3 heterocycles. The molecule has 522 valence electrons. The number of hydrogen-bond acceptors (Lipinski definition) is 18. The van der Waals surface area contributed by atoms with Crippen LogP contribution in [0, 0.1) is 0 Å². The SMILES string of the molecule is CCCCCCCCCCCCCCCCCCCCCCCCCCCCCCCCC(O)C(COC1OC(CO)C(OC2OC(CO)C(OC3OC(CO)C(O)C(O)C3O)C(O)C2O)C(O)C1O)NC(=O)CCCCCCCCCCCCCCC. The van der Waals surface area contributed by atoms with Crippen LogP contribution in [-0.4, -0.2) is 193 Å². The summed E-state index contributed by atoms with van der Waals surface area (Å²) in [6.07, 6.45) is 29.2. The van der Waals surface area contributed by atoms with Gasteiger partial charge in [-0.2, -0.15) is 0 Å². The van der Waals surface area contributed by atoms with Crippen LogP contribution in [0.1, 0.15) is 303 Å². The Morgan fingerprint density at radius 3 is 0.989 bits per heavy atom. The third-order valence-electron chi connectivity index (χ3n) is 18.7. The van der Waals surface area contributed by atoms with Crippen LogP contribution in [0.5, 0.6) is 0 Å². The van der Waals surface area contributed by atoms with Gasteiger partial charge in [0.1, 0.15) is 73.2 Å². The van der Waals surface area contributed by atoms with Gasteiger partial charge in [-0.1, -0.05) is 284 Å². The molecule has 0 radical (unpaired) electrons. The first-order valence-corrected chi connectivity index (χ1v) is 36.3. The number of aliphatic hydroxyl groups excluding tert-OH is 11. The zero-order valence-electron chi connectivity index (χ0n) is 55.2. The molecule has 0 spiro atoms. The van der Waals surface area contributed by atoms with E-state index in [9.17, 15) is 61.0 Å². The van der Waals surface area contributed by atoms with Gasteiger partial charge in [0.15, 0.2) is 18.9 Å². The van der Waals surface area contributed by atoms with Crippen molar-refractivity contribution in [1.29, 1.82) is 0 Å². The van der Waals surface area contributed by atoms with Crippen LogP contribution in [0.3, 0.4) is 0 Å². The summed E-state index contributed by atoms with van der Waals surface area (Å²) in [5.41, 5.74) is 0. The molecule has 0 aromatic rings. The predicted octanol–water partition coefficient (Wildman–Crippen LogP) is 9.89. The van der Waals surface area contributed by atoms with E-state index in [2.05, 4.69) is 19.2 Å². The highest BCUT2D eigenvalue weighted by Gasteiger charge is 2.53. The Morgan fingerprint density at radius 2 is 0.648 bits per heavy atom. The minimum atomic E-state index is -1.97. The molecule has 19 nitrogen and oxygen atoms in total. The van der Waals surface area contributed by atoms with Gasteiger partial charge in [-0.15, -0.1) is 0 Å². The summed E-state index contributed by atoms with van der Waals surface area (Å²) in [6, 6.07) is -0.881. The van der Waals surface area contributed by atoms with Crippen molar-refractivity contribution in [1.82, 2.24) is 5.32 Å². The van der Waals surface area contributed by atoms with Crippen LogP contribution < -0.4 is 5.32 Å². The van der Waals surface area contributed by atoms with Crippen molar-refractivity contribution < 1.29 is 89.4 Å². The fourth-order valence-corrected chi connectivity index (χ4v) is 12.8. The maximum atomic E-state index is 13.4. The highest BCUT2D eigenvalue weighted by atomic mass is 16.8. The fraction of sp³-hybridized carbons (Fsp3) is 0.986. The van der Waals surface area contributed by atoms with Gasteiger partial charge in [0, 0.05) is 6.42 Å². The molecule has 3 rings (SSSR count). The van der Waals surface area contributed by atoms with E-state index in [0.717, 1.165) is 44.9 Å². The predicted molar refractivity (Wildman–Crippen MR) is 342 cm³/mol. The molecular formula is C69H133NO18. The van der Waals surface area contributed by atoms with Crippen LogP contribution in [0.2, 0.25) is 0 Å². The third-order valence-corrected chi connectivity index (χ3v) is 18.7. The van der Waals surface area contributed by atoms with Crippen molar-refractivity contribution in [2.45, 2.75) is 407 Å². The van der Waals surface area contributed by atoms with Gasteiger partial charge in [-0.3, -0.25) is 4.79 Å². The fourth-order valence-electron chi connectivity index (χ4n) is 12.8. The second-order valence-electron chi connectivity index (χ2n) is 26.4. The maximum absolute atomic E-state index is 13.4. The highest BCUT2D eigenvalue weighted by molar-refractivity contribution is 5.76. The Kier molecular flexibility index (Phi) is 48.0. The average molecular weight is 1260 g/mol. The molecule has 12 N–H and O–H groups in total. The zero-order valence-corrected chi connectivity index (χ0v) is 55.2. The minimum absolute atomic E-state index is 0.237. The second kappa shape index (κ2) is 52.1. The van der Waals surface area contributed by atoms with Crippen molar-refractivity contribution in [2.24, 2.45) is 0 Å². The summed E-state index contributed by atoms with van der Waals surface area (Å²) in [5.74, 6) is -0.237. The lowest BCUT2D eigenvalue weighted by atomic mass is 9.96. The van der Waals surface area contributed by atoms with Gasteiger partial charge in [-0.25, -0.2) is 0 Å². The lowest BCUT2D eigenvalue weighted by Crippen LogP contribution is -2.66. The first kappa shape index (κ1) is 81.0. The van der Waals surface area contributed by atoms with E-state index in [4.69, 9.17) is 28.4 Å². The highest BCUT2D eigenvalue weighted by Crippen LogP contribution is 2.33. The summed E-state index contributed by atoms with van der Waals surface area (Å²) in [6.45, 7) is 1.83. The lowest BCUT2D eigenvalue weighted by Gasteiger charge is -2.48. The van der Waals surface area contributed by atoms with E-state index in [1.54, 1.807) is 0 Å². The van der Waals surface area contributed by atoms with Gasteiger partial charge in [0.25, 0.3) is 0 Å². The number of nitrogens with one attached hydrogen (secondary N) is 1. The Morgan fingerprint density at radius 1 is 0.364 bits per heavy atom. The molecule has 0 aromatic carbocycles. The lowest BCUT2D eigenvalue weighted by molar-refractivity contribution is -0.379. The number of hydrogen-bond donors (Lipinski definition) is 12. The number of unbranched alkanes of at least 4 members (excludes halogenated alkanes) is 41. The largest absolute Gasteiger partial charge is 0.394 e. The topological polar surface area (TPSA) is 307 Å². The summed E-state index contributed by atoms with van der Waals surface area (Å²) in [5, 5.41) is 121. The number of ether oxygens (including phenoxy) is 6. The number of rotatable bonds is 57. The van der Waals surface area contributed by atoms with Crippen molar-refractivity contribution in [3.05, 3.63) is 0 Å². The van der Waals surface area contributed by atoms with E-state index in [1.807, 2.05) is 0 Å². The van der Waals surface area contributed by atoms with Crippen molar-refractivity contribution in [2.75, 3.05) is 26.4 Å². The van der Waals surface area contributed by atoms with E-state index in [0.29, 0.717) is 12.8 Å². The Hall–Kier alpha value is -1.21. The molecule has 3 saturated heterocycles. The summed E-state index contributed by atoms with van der Waals surface area (Å²) < 4.78 is 34.4. The number of amides is 1. The van der Waals surface area contributed by atoms with Crippen LogP contribution >= 0.6 is 0 Å². The molecule has 0 aliphatic carbocycles. The smallest absolute Gasteiger partial charge is 0.220 e. The number of carbonyl (C=O) groups is 1. The zero-order chi connectivity index (χ0) is 64.0. The third kappa shape index (κ3) is 33.8. The van der Waals surface area contributed by atoms with Gasteiger partial charge in [0.2, 0.25) is 5.91 Å². The molecule has 19 heteroatoms. The quantitative estimate of drug-likeness (QED) is 0.0252. The van der Waals surface area contributed by atoms with Gasteiger partial charge < -0.3 is 89.9 Å². The summed E-state index contributed by atoms with van der Waals surface area (Å²) in [4.78, 5) is 13.4. The Labute approximate surface area is 532 Å². The maximum Gasteiger partial charge on any atom is 0.220 e. The normalized spacial score (nSPS) is 28.3. The average Bonchev–Trinajstić information content (AvgIpc) is 1.84. The van der Waals surface area contributed by atoms with Crippen molar-refractivity contribution in [3.8, 4) is 0 Å². The van der Waals surface area contributed by atoms with Crippen LogP contribution in [0.4, 0.5) is 0 Å². The first-order valence-electron chi connectivity index (χ1n) is 36.3. The van der Waals surface area contributed by atoms with Crippen LogP contribution in [0.15, 0.2) is 0 Å². The Balaban J connectivity index is 1.36. The molecule has 3 fully saturated rings. The number of carbonyl (C=O) groups excluding carboxylic acids is 1.